The molecule has 0 unspecified atom stereocenters. The minimum Gasteiger partial charge on any atom is -0.465 e. The van der Waals surface area contributed by atoms with Crippen molar-refractivity contribution in [2.75, 3.05) is 39.8 Å². The van der Waals surface area contributed by atoms with Gasteiger partial charge in [-0.3, -0.25) is 14.5 Å². The van der Waals surface area contributed by atoms with Gasteiger partial charge in [-0.05, 0) is 25.3 Å². The van der Waals surface area contributed by atoms with Crippen LogP contribution in [0.4, 0.5) is 4.79 Å². The van der Waals surface area contributed by atoms with Gasteiger partial charge in [-0.2, -0.15) is 0 Å². The number of piperazine rings is 1. The minimum absolute atomic E-state index is 0.152. The van der Waals surface area contributed by atoms with Crippen LogP contribution < -0.4 is 5.32 Å². The summed E-state index contributed by atoms with van der Waals surface area (Å²) in [4.78, 5) is 41.7. The molecule has 8 heteroatoms. The Morgan fingerprint density at radius 2 is 1.76 bits per heavy atom. The number of carbonyl (C=O) groups is 3. The van der Waals surface area contributed by atoms with Crippen molar-refractivity contribution < 1.29 is 19.5 Å². The molecular weight excluding hydrogens is 324 g/mol. The second-order valence-electron chi connectivity index (χ2n) is 8.13. The third-order valence-electron chi connectivity index (χ3n) is 5.05. The Morgan fingerprint density at radius 3 is 2.24 bits per heavy atom. The van der Waals surface area contributed by atoms with E-state index in [9.17, 15) is 14.4 Å². The van der Waals surface area contributed by atoms with E-state index < -0.39 is 17.6 Å². The molecule has 2 aliphatic heterocycles. The first kappa shape index (κ1) is 19.5. The van der Waals surface area contributed by atoms with Gasteiger partial charge in [0, 0.05) is 32.2 Å². The molecule has 25 heavy (non-hydrogen) atoms. The molecule has 2 heterocycles. The number of likely N-dealkylation sites (N-methyl/N-ethyl adjacent to an activating group) is 1. The highest BCUT2D eigenvalue weighted by atomic mass is 16.4. The van der Waals surface area contributed by atoms with Gasteiger partial charge in [0.25, 0.3) is 0 Å². The van der Waals surface area contributed by atoms with Gasteiger partial charge >= 0.3 is 6.09 Å². The van der Waals surface area contributed by atoms with Gasteiger partial charge in [-0.25, -0.2) is 4.79 Å². The van der Waals surface area contributed by atoms with Crippen LogP contribution in [0.2, 0.25) is 0 Å². The quantitative estimate of drug-likeness (QED) is 0.767. The Bertz CT molecular complexity index is 523. The molecule has 2 fully saturated rings. The lowest BCUT2D eigenvalue weighted by Crippen LogP contribution is -2.59. The molecule has 2 aliphatic rings. The van der Waals surface area contributed by atoms with E-state index >= 15 is 0 Å². The molecule has 0 saturated carbocycles. The van der Waals surface area contributed by atoms with Crippen molar-refractivity contribution in [1.82, 2.24) is 20.0 Å². The summed E-state index contributed by atoms with van der Waals surface area (Å²) in [7, 11) is 1.94. The van der Waals surface area contributed by atoms with Crippen LogP contribution in [0.25, 0.3) is 0 Å². The largest absolute Gasteiger partial charge is 0.465 e. The summed E-state index contributed by atoms with van der Waals surface area (Å²) in [6.45, 7) is 8.71. The normalized spacial score (nSPS) is 22.0. The molecule has 2 N–H and O–H groups in total. The molecule has 8 nitrogen and oxygen atoms in total. The second-order valence-corrected chi connectivity index (χ2v) is 8.13. The Labute approximate surface area is 149 Å². The third kappa shape index (κ3) is 4.84. The zero-order valence-electron chi connectivity index (χ0n) is 15.6. The first-order valence-corrected chi connectivity index (χ1v) is 8.86. The molecule has 2 rings (SSSR count). The van der Waals surface area contributed by atoms with Crippen LogP contribution in [0, 0.1) is 5.41 Å². The standard InChI is InChI=1S/C17H30N4O4/c1-17(2,3)14(18-16(24)25)15(23)20-7-5-12(6-8-20)21-10-9-19(4)11-13(21)22/h12,14,18H,5-11H2,1-4H3,(H,24,25)/t14-/m0/s1. The fourth-order valence-corrected chi connectivity index (χ4v) is 3.54. The minimum atomic E-state index is -1.19. The van der Waals surface area contributed by atoms with Crippen molar-refractivity contribution >= 4 is 17.9 Å². The SMILES string of the molecule is CN1CCN(C2CCN(C(=O)[C@H](NC(=O)O)C(C)(C)C)CC2)C(=O)C1. The zero-order valence-corrected chi connectivity index (χ0v) is 15.6. The summed E-state index contributed by atoms with van der Waals surface area (Å²) in [6, 6.07) is -0.599. The molecule has 0 aromatic rings. The molecule has 0 aromatic carbocycles. The van der Waals surface area contributed by atoms with Gasteiger partial charge in [0.2, 0.25) is 11.8 Å². The van der Waals surface area contributed by atoms with E-state index in [-0.39, 0.29) is 17.9 Å². The van der Waals surface area contributed by atoms with Crippen LogP contribution >= 0.6 is 0 Å². The highest BCUT2D eigenvalue weighted by Gasteiger charge is 2.38. The maximum Gasteiger partial charge on any atom is 0.405 e. The first-order chi connectivity index (χ1) is 11.6. The average molecular weight is 354 g/mol. The van der Waals surface area contributed by atoms with Crippen molar-refractivity contribution in [3.63, 3.8) is 0 Å². The molecule has 3 amide bonds. The van der Waals surface area contributed by atoms with Crippen LogP contribution in [0.3, 0.4) is 0 Å². The number of carbonyl (C=O) groups excluding carboxylic acids is 2. The number of carboxylic acid groups (broad SMARTS) is 1. The number of amides is 3. The Hall–Kier alpha value is -1.83. The lowest BCUT2D eigenvalue weighted by molar-refractivity contribution is -0.141. The van der Waals surface area contributed by atoms with E-state index in [1.165, 1.54) is 0 Å². The predicted molar refractivity (Wildman–Crippen MR) is 93.2 cm³/mol. The van der Waals surface area contributed by atoms with Crippen LogP contribution in [0.5, 0.6) is 0 Å². The third-order valence-corrected chi connectivity index (χ3v) is 5.05. The van der Waals surface area contributed by atoms with Crippen molar-refractivity contribution in [2.24, 2.45) is 5.41 Å². The Balaban J connectivity index is 1.95. The molecule has 142 valence electrons. The second kappa shape index (κ2) is 7.59. The lowest BCUT2D eigenvalue weighted by Gasteiger charge is -2.43. The van der Waals surface area contributed by atoms with E-state index in [0.29, 0.717) is 19.6 Å². The summed E-state index contributed by atoms with van der Waals surface area (Å²) in [5.41, 5.74) is -0.500. The van der Waals surface area contributed by atoms with Crippen LogP contribution in [-0.4, -0.2) is 89.6 Å². The summed E-state index contributed by atoms with van der Waals surface area (Å²) < 4.78 is 0. The fourth-order valence-electron chi connectivity index (χ4n) is 3.54. The zero-order chi connectivity index (χ0) is 18.8. The van der Waals surface area contributed by atoms with Crippen LogP contribution in [0.1, 0.15) is 33.6 Å². The summed E-state index contributed by atoms with van der Waals surface area (Å²) in [5.74, 6) is -0.0308. The first-order valence-electron chi connectivity index (χ1n) is 8.86. The summed E-state index contributed by atoms with van der Waals surface area (Å²) in [5, 5.41) is 11.4. The number of piperidine rings is 1. The monoisotopic (exact) mass is 354 g/mol. The molecule has 0 aliphatic carbocycles. The number of nitrogens with one attached hydrogen (secondary N) is 1. The predicted octanol–water partition coefficient (Wildman–Crippen LogP) is 0.434. The van der Waals surface area contributed by atoms with E-state index in [0.717, 1.165) is 25.9 Å². The summed E-state index contributed by atoms with van der Waals surface area (Å²) in [6.07, 6.45) is 0.294. The van der Waals surface area contributed by atoms with E-state index in [1.54, 1.807) is 4.90 Å². The number of likely N-dealkylation sites (tertiary alicyclic amines) is 1. The molecule has 2 saturated heterocycles. The van der Waals surface area contributed by atoms with Gasteiger partial charge in [-0.15, -0.1) is 0 Å². The van der Waals surface area contributed by atoms with E-state index in [1.807, 2.05) is 37.6 Å². The number of hydrogen-bond donors (Lipinski definition) is 2. The van der Waals surface area contributed by atoms with E-state index in [2.05, 4.69) is 5.32 Å². The van der Waals surface area contributed by atoms with Crippen LogP contribution in [0.15, 0.2) is 0 Å². The van der Waals surface area contributed by atoms with E-state index in [4.69, 9.17) is 5.11 Å². The topological polar surface area (TPSA) is 93.2 Å². The number of rotatable bonds is 3. The smallest absolute Gasteiger partial charge is 0.405 e. The molecule has 0 bridgehead atoms. The van der Waals surface area contributed by atoms with Gasteiger partial charge < -0.3 is 20.2 Å². The van der Waals surface area contributed by atoms with Gasteiger partial charge in [0.05, 0.1) is 6.54 Å². The van der Waals surface area contributed by atoms with Crippen molar-refractivity contribution in [3.05, 3.63) is 0 Å². The highest BCUT2D eigenvalue weighted by molar-refractivity contribution is 5.86. The van der Waals surface area contributed by atoms with Crippen LogP contribution in [-0.2, 0) is 9.59 Å². The van der Waals surface area contributed by atoms with Gasteiger partial charge in [0.1, 0.15) is 6.04 Å². The number of nitrogens with zero attached hydrogens (tertiary/aromatic N) is 3. The molecule has 0 spiro atoms. The molecule has 0 radical (unpaired) electrons. The van der Waals surface area contributed by atoms with Crippen molar-refractivity contribution in [3.8, 4) is 0 Å². The number of hydrogen-bond acceptors (Lipinski definition) is 4. The van der Waals surface area contributed by atoms with Gasteiger partial charge in [0.15, 0.2) is 0 Å². The lowest BCUT2D eigenvalue weighted by atomic mass is 9.85. The molecule has 0 aromatic heterocycles. The maximum atomic E-state index is 12.8. The van der Waals surface area contributed by atoms with Crippen molar-refractivity contribution in [1.29, 1.82) is 0 Å². The Morgan fingerprint density at radius 1 is 1.16 bits per heavy atom. The van der Waals surface area contributed by atoms with Gasteiger partial charge in [-0.1, -0.05) is 20.8 Å². The maximum absolute atomic E-state index is 12.8. The summed E-state index contributed by atoms with van der Waals surface area (Å²) >= 11 is 0. The molecular formula is C17H30N4O4. The molecule has 1 atom stereocenters. The Kier molecular flexibility index (Phi) is 5.92. The highest BCUT2D eigenvalue weighted by Crippen LogP contribution is 2.24. The van der Waals surface area contributed by atoms with Crippen molar-refractivity contribution in [2.45, 2.75) is 45.7 Å². The fraction of sp³-hybridized carbons (Fsp3) is 0.824. The average Bonchev–Trinajstić information content (AvgIpc) is 2.51.